The number of benzene rings is 2. The summed E-state index contributed by atoms with van der Waals surface area (Å²) in [6, 6.07) is 15.7. The molecule has 0 unspecified atom stereocenters. The van der Waals surface area contributed by atoms with Gasteiger partial charge in [0.25, 0.3) is 0 Å². The molecule has 6 nitrogen and oxygen atoms in total. The highest BCUT2D eigenvalue weighted by atomic mass is 16.5. The molecule has 2 rings (SSSR count). The monoisotopic (exact) mass is 425 g/mol. The van der Waals surface area contributed by atoms with Gasteiger partial charge in [-0.2, -0.15) is 0 Å². The van der Waals surface area contributed by atoms with E-state index in [0.29, 0.717) is 26.1 Å². The standard InChI is InChI=1S/C25H35N3O3/c1-6-22(19-11-9-8-10-12-19)25(30)28(15-16-31-5)18-20-17-21(26-24(29)7-2)13-14-23(20)27(3)4/h8-14,17,22H,6-7,15-16,18H2,1-5H3,(H,26,29)/t22-/m0/s1. The summed E-state index contributed by atoms with van der Waals surface area (Å²) in [5, 5.41) is 2.92. The van der Waals surface area contributed by atoms with E-state index in [9.17, 15) is 9.59 Å². The Labute approximate surface area is 186 Å². The summed E-state index contributed by atoms with van der Waals surface area (Å²) in [6.07, 6.45) is 1.14. The van der Waals surface area contributed by atoms with Crippen LogP contribution in [-0.4, -0.2) is 51.1 Å². The molecule has 0 saturated heterocycles. The summed E-state index contributed by atoms with van der Waals surface area (Å²) >= 11 is 0. The van der Waals surface area contributed by atoms with Crippen LogP contribution in [0.3, 0.4) is 0 Å². The predicted molar refractivity (Wildman–Crippen MR) is 126 cm³/mol. The van der Waals surface area contributed by atoms with Gasteiger partial charge in [0.1, 0.15) is 0 Å². The first-order valence-electron chi connectivity index (χ1n) is 10.8. The second-order valence-corrected chi connectivity index (χ2v) is 7.76. The van der Waals surface area contributed by atoms with Crippen molar-refractivity contribution in [3.8, 4) is 0 Å². The summed E-state index contributed by atoms with van der Waals surface area (Å²) in [6.45, 7) is 5.26. The quantitative estimate of drug-likeness (QED) is 0.584. The Morgan fingerprint density at radius 1 is 1.06 bits per heavy atom. The van der Waals surface area contributed by atoms with E-state index in [-0.39, 0.29) is 17.7 Å². The molecule has 0 aliphatic heterocycles. The molecule has 0 aromatic heterocycles. The first-order valence-corrected chi connectivity index (χ1v) is 10.8. The van der Waals surface area contributed by atoms with Gasteiger partial charge in [0.15, 0.2) is 0 Å². The molecule has 31 heavy (non-hydrogen) atoms. The van der Waals surface area contributed by atoms with Gasteiger partial charge >= 0.3 is 0 Å². The zero-order chi connectivity index (χ0) is 22.8. The zero-order valence-electron chi connectivity index (χ0n) is 19.4. The minimum Gasteiger partial charge on any atom is -0.383 e. The van der Waals surface area contributed by atoms with Crippen molar-refractivity contribution in [1.82, 2.24) is 4.90 Å². The number of carbonyl (C=O) groups excluding carboxylic acids is 2. The fourth-order valence-electron chi connectivity index (χ4n) is 3.61. The number of nitrogens with zero attached hydrogens (tertiary/aromatic N) is 2. The molecule has 0 saturated carbocycles. The lowest BCUT2D eigenvalue weighted by Gasteiger charge is -2.29. The highest BCUT2D eigenvalue weighted by Gasteiger charge is 2.25. The lowest BCUT2D eigenvalue weighted by atomic mass is 9.94. The Morgan fingerprint density at radius 3 is 2.35 bits per heavy atom. The van der Waals surface area contributed by atoms with Crippen LogP contribution in [0.2, 0.25) is 0 Å². The number of amides is 2. The van der Waals surface area contributed by atoms with Crippen molar-refractivity contribution in [2.75, 3.05) is 44.6 Å². The fourth-order valence-corrected chi connectivity index (χ4v) is 3.61. The van der Waals surface area contributed by atoms with Crippen LogP contribution in [0.1, 0.15) is 43.7 Å². The molecular weight excluding hydrogens is 390 g/mol. The molecule has 0 bridgehead atoms. The number of ether oxygens (including phenoxy) is 1. The van der Waals surface area contributed by atoms with Gasteiger partial charge < -0.3 is 19.9 Å². The lowest BCUT2D eigenvalue weighted by molar-refractivity contribution is -0.134. The number of anilines is 2. The van der Waals surface area contributed by atoms with E-state index in [1.807, 2.05) is 86.3 Å². The van der Waals surface area contributed by atoms with Gasteiger partial charge in [-0.3, -0.25) is 9.59 Å². The summed E-state index contributed by atoms with van der Waals surface area (Å²) in [5.41, 5.74) is 3.75. The Hall–Kier alpha value is -2.86. The first kappa shape index (κ1) is 24.4. The topological polar surface area (TPSA) is 61.9 Å². The minimum absolute atomic E-state index is 0.0361. The van der Waals surface area contributed by atoms with Gasteiger partial charge in [0.05, 0.1) is 12.5 Å². The third kappa shape index (κ3) is 6.82. The molecule has 0 radical (unpaired) electrons. The minimum atomic E-state index is -0.205. The number of hydrogen-bond acceptors (Lipinski definition) is 4. The molecule has 0 spiro atoms. The van der Waals surface area contributed by atoms with Gasteiger partial charge in [0, 0.05) is 52.1 Å². The highest BCUT2D eigenvalue weighted by Crippen LogP contribution is 2.27. The maximum absolute atomic E-state index is 13.6. The van der Waals surface area contributed by atoms with E-state index in [1.165, 1.54) is 0 Å². The van der Waals surface area contributed by atoms with Gasteiger partial charge in [-0.1, -0.05) is 44.2 Å². The molecule has 2 aromatic carbocycles. The van der Waals surface area contributed by atoms with E-state index in [2.05, 4.69) is 5.32 Å². The Bertz CT molecular complexity index is 852. The second kappa shape index (κ2) is 12.1. The average Bonchev–Trinajstić information content (AvgIpc) is 2.77. The number of methoxy groups -OCH3 is 1. The van der Waals surface area contributed by atoms with Crippen LogP contribution in [-0.2, 0) is 20.9 Å². The molecule has 2 aromatic rings. The molecule has 0 aliphatic carbocycles. The lowest BCUT2D eigenvalue weighted by Crippen LogP contribution is -2.37. The van der Waals surface area contributed by atoms with Gasteiger partial charge in [-0.15, -0.1) is 0 Å². The molecule has 6 heteroatoms. The van der Waals surface area contributed by atoms with E-state index in [4.69, 9.17) is 4.74 Å². The molecule has 1 N–H and O–H groups in total. The Kier molecular flexibility index (Phi) is 9.53. The Morgan fingerprint density at radius 2 is 1.77 bits per heavy atom. The Balaban J connectivity index is 2.36. The summed E-state index contributed by atoms with van der Waals surface area (Å²) < 4.78 is 5.29. The van der Waals surface area contributed by atoms with Gasteiger partial charge in [-0.05, 0) is 35.7 Å². The molecular formula is C25H35N3O3. The van der Waals surface area contributed by atoms with Crippen molar-refractivity contribution in [1.29, 1.82) is 0 Å². The largest absolute Gasteiger partial charge is 0.383 e. The van der Waals surface area contributed by atoms with Crippen LogP contribution < -0.4 is 10.2 Å². The van der Waals surface area contributed by atoms with E-state index >= 15 is 0 Å². The maximum atomic E-state index is 13.6. The number of hydrogen-bond donors (Lipinski definition) is 1. The van der Waals surface area contributed by atoms with Crippen molar-refractivity contribution in [3.63, 3.8) is 0 Å². The third-order valence-corrected chi connectivity index (χ3v) is 5.31. The second-order valence-electron chi connectivity index (χ2n) is 7.76. The van der Waals surface area contributed by atoms with Crippen LogP contribution >= 0.6 is 0 Å². The molecule has 0 heterocycles. The van der Waals surface area contributed by atoms with Crippen LogP contribution in [0.15, 0.2) is 48.5 Å². The molecule has 1 atom stereocenters. The van der Waals surface area contributed by atoms with Crippen LogP contribution in [0, 0.1) is 0 Å². The fraction of sp³-hybridized carbons (Fsp3) is 0.440. The van der Waals surface area contributed by atoms with Gasteiger partial charge in [-0.25, -0.2) is 0 Å². The van der Waals surface area contributed by atoms with Crippen molar-refractivity contribution in [2.24, 2.45) is 0 Å². The van der Waals surface area contributed by atoms with Crippen LogP contribution in [0.5, 0.6) is 0 Å². The normalized spacial score (nSPS) is 11.6. The summed E-state index contributed by atoms with van der Waals surface area (Å²) in [5.74, 6) is -0.159. The van der Waals surface area contributed by atoms with Crippen LogP contribution in [0.4, 0.5) is 11.4 Å². The molecule has 0 fully saturated rings. The molecule has 168 valence electrons. The third-order valence-electron chi connectivity index (χ3n) is 5.31. The molecule has 0 aliphatic rings. The smallest absolute Gasteiger partial charge is 0.230 e. The van der Waals surface area contributed by atoms with E-state index < -0.39 is 0 Å². The summed E-state index contributed by atoms with van der Waals surface area (Å²) in [4.78, 5) is 29.3. The van der Waals surface area contributed by atoms with Crippen LogP contribution in [0.25, 0.3) is 0 Å². The van der Waals surface area contributed by atoms with Crippen molar-refractivity contribution in [3.05, 3.63) is 59.7 Å². The van der Waals surface area contributed by atoms with E-state index in [0.717, 1.165) is 28.9 Å². The predicted octanol–water partition coefficient (Wildman–Crippen LogP) is 4.27. The highest BCUT2D eigenvalue weighted by molar-refractivity contribution is 5.91. The van der Waals surface area contributed by atoms with Crippen molar-refractivity contribution >= 4 is 23.2 Å². The van der Waals surface area contributed by atoms with E-state index in [1.54, 1.807) is 7.11 Å². The van der Waals surface area contributed by atoms with Crippen molar-refractivity contribution < 1.29 is 14.3 Å². The zero-order valence-corrected chi connectivity index (χ0v) is 19.4. The average molecular weight is 426 g/mol. The van der Waals surface area contributed by atoms with Gasteiger partial charge in [0.2, 0.25) is 11.8 Å². The number of carbonyl (C=O) groups is 2. The van der Waals surface area contributed by atoms with Crippen molar-refractivity contribution in [2.45, 2.75) is 39.2 Å². The number of nitrogens with one attached hydrogen (secondary N) is 1. The first-order chi connectivity index (χ1) is 14.9. The SMILES string of the molecule is CCC(=O)Nc1ccc(N(C)C)c(CN(CCOC)C(=O)[C@@H](CC)c2ccccc2)c1. The summed E-state index contributed by atoms with van der Waals surface area (Å²) in [7, 11) is 5.59. The molecule has 2 amide bonds. The number of rotatable bonds is 11. The maximum Gasteiger partial charge on any atom is 0.230 e.